The summed E-state index contributed by atoms with van der Waals surface area (Å²) in [5.41, 5.74) is 1.87. The number of hydrogen-bond acceptors (Lipinski definition) is 5. The molecule has 3 aromatic rings. The SMILES string of the molecule is COC(=O)c1c(C)nn2c1ncc1c(=O)n(C3CCCCC3C)ccc12. The number of carbonyl (C=O) groups excluding carboxylic acids is 1. The van der Waals surface area contributed by atoms with Crippen LogP contribution in [-0.4, -0.2) is 32.2 Å². The Morgan fingerprint density at radius 1 is 1.31 bits per heavy atom. The topological polar surface area (TPSA) is 78.5 Å². The van der Waals surface area contributed by atoms with Crippen molar-refractivity contribution in [1.82, 2.24) is 19.2 Å². The minimum atomic E-state index is -0.478. The average molecular weight is 354 g/mol. The summed E-state index contributed by atoms with van der Waals surface area (Å²) in [6, 6.07) is 2.11. The highest BCUT2D eigenvalue weighted by atomic mass is 16.5. The smallest absolute Gasteiger partial charge is 0.343 e. The summed E-state index contributed by atoms with van der Waals surface area (Å²) in [6.45, 7) is 3.94. The zero-order valence-electron chi connectivity index (χ0n) is 15.2. The monoisotopic (exact) mass is 354 g/mol. The Labute approximate surface area is 150 Å². The first kappa shape index (κ1) is 16.8. The van der Waals surface area contributed by atoms with Crippen LogP contribution in [0.5, 0.6) is 0 Å². The molecule has 3 heterocycles. The van der Waals surface area contributed by atoms with Gasteiger partial charge in [-0.15, -0.1) is 0 Å². The van der Waals surface area contributed by atoms with Crippen molar-refractivity contribution < 1.29 is 9.53 Å². The van der Waals surface area contributed by atoms with Gasteiger partial charge in [-0.05, 0) is 31.7 Å². The van der Waals surface area contributed by atoms with Crippen molar-refractivity contribution in [3.63, 3.8) is 0 Å². The fraction of sp³-hybridized carbons (Fsp3) is 0.474. The van der Waals surface area contributed by atoms with Crippen molar-refractivity contribution in [1.29, 1.82) is 0 Å². The molecule has 0 N–H and O–H groups in total. The van der Waals surface area contributed by atoms with Crippen LogP contribution in [0.15, 0.2) is 23.3 Å². The Bertz CT molecular complexity index is 1070. The van der Waals surface area contributed by atoms with Crippen LogP contribution in [0.3, 0.4) is 0 Å². The van der Waals surface area contributed by atoms with Crippen LogP contribution in [0.1, 0.15) is 54.7 Å². The summed E-state index contributed by atoms with van der Waals surface area (Å²) in [5.74, 6) is 0.00203. The zero-order chi connectivity index (χ0) is 18.4. The van der Waals surface area contributed by atoms with Crippen molar-refractivity contribution >= 4 is 22.5 Å². The molecule has 0 bridgehead atoms. The molecule has 7 heteroatoms. The molecule has 136 valence electrons. The average Bonchev–Trinajstić information content (AvgIpc) is 2.98. The predicted octanol–water partition coefficient (Wildman–Crippen LogP) is 2.89. The molecular weight excluding hydrogens is 332 g/mol. The van der Waals surface area contributed by atoms with E-state index in [0.717, 1.165) is 19.3 Å². The lowest BCUT2D eigenvalue weighted by atomic mass is 9.85. The lowest BCUT2D eigenvalue weighted by molar-refractivity contribution is 0.0602. The maximum Gasteiger partial charge on any atom is 0.343 e. The van der Waals surface area contributed by atoms with Gasteiger partial charge in [0.15, 0.2) is 5.65 Å². The molecule has 4 rings (SSSR count). The van der Waals surface area contributed by atoms with Crippen LogP contribution >= 0.6 is 0 Å². The predicted molar refractivity (Wildman–Crippen MR) is 97.5 cm³/mol. The van der Waals surface area contributed by atoms with Gasteiger partial charge in [0.05, 0.1) is 23.7 Å². The van der Waals surface area contributed by atoms with Gasteiger partial charge >= 0.3 is 5.97 Å². The number of methoxy groups -OCH3 is 1. The summed E-state index contributed by atoms with van der Waals surface area (Å²) < 4.78 is 8.24. The van der Waals surface area contributed by atoms with Crippen LogP contribution in [-0.2, 0) is 4.74 Å². The number of hydrogen-bond donors (Lipinski definition) is 0. The summed E-state index contributed by atoms with van der Waals surface area (Å²) in [4.78, 5) is 29.5. The summed E-state index contributed by atoms with van der Waals surface area (Å²) >= 11 is 0. The molecule has 0 spiro atoms. The minimum absolute atomic E-state index is 0.0524. The van der Waals surface area contributed by atoms with Crippen LogP contribution < -0.4 is 5.56 Å². The van der Waals surface area contributed by atoms with Gasteiger partial charge in [0, 0.05) is 18.4 Å². The number of pyridine rings is 1. The maximum atomic E-state index is 13.1. The molecule has 0 saturated heterocycles. The highest BCUT2D eigenvalue weighted by Crippen LogP contribution is 2.32. The number of aryl methyl sites for hydroxylation is 1. The lowest BCUT2D eigenvalue weighted by Gasteiger charge is -2.30. The molecule has 3 aromatic heterocycles. The molecule has 2 atom stereocenters. The number of carbonyl (C=O) groups is 1. The highest BCUT2D eigenvalue weighted by Gasteiger charge is 2.25. The van der Waals surface area contributed by atoms with Crippen LogP contribution in [0.4, 0.5) is 0 Å². The molecule has 7 nitrogen and oxygen atoms in total. The fourth-order valence-corrected chi connectivity index (χ4v) is 4.10. The van der Waals surface area contributed by atoms with E-state index < -0.39 is 5.97 Å². The molecule has 0 aliphatic heterocycles. The molecule has 0 aromatic carbocycles. The van der Waals surface area contributed by atoms with Crippen LogP contribution in [0.2, 0.25) is 0 Å². The van der Waals surface area contributed by atoms with E-state index >= 15 is 0 Å². The second-order valence-electron chi connectivity index (χ2n) is 7.10. The molecule has 1 aliphatic rings. The maximum absolute atomic E-state index is 13.1. The Morgan fingerprint density at radius 2 is 2.08 bits per heavy atom. The number of fused-ring (bicyclic) bond motifs is 3. The quantitative estimate of drug-likeness (QED) is 0.661. The van der Waals surface area contributed by atoms with Gasteiger partial charge in [0.25, 0.3) is 5.56 Å². The molecule has 1 saturated carbocycles. The number of esters is 1. The first-order valence-electron chi connectivity index (χ1n) is 9.00. The number of ether oxygens (including phenoxy) is 1. The van der Waals surface area contributed by atoms with E-state index in [0.29, 0.717) is 33.7 Å². The molecule has 1 aliphatic carbocycles. The van der Waals surface area contributed by atoms with E-state index in [-0.39, 0.29) is 11.6 Å². The second kappa shape index (κ2) is 6.23. The van der Waals surface area contributed by atoms with Gasteiger partial charge < -0.3 is 9.30 Å². The van der Waals surface area contributed by atoms with Gasteiger partial charge in [-0.2, -0.15) is 5.10 Å². The number of rotatable bonds is 2. The van der Waals surface area contributed by atoms with E-state index in [1.807, 2.05) is 16.8 Å². The number of nitrogens with zero attached hydrogens (tertiary/aromatic N) is 4. The van der Waals surface area contributed by atoms with Gasteiger partial charge in [-0.3, -0.25) is 4.79 Å². The first-order valence-corrected chi connectivity index (χ1v) is 9.00. The van der Waals surface area contributed by atoms with E-state index in [1.54, 1.807) is 17.6 Å². The Hall–Kier alpha value is -2.70. The van der Waals surface area contributed by atoms with Crippen LogP contribution in [0, 0.1) is 12.8 Å². The molecule has 2 unspecified atom stereocenters. The molecule has 0 amide bonds. The fourth-order valence-electron chi connectivity index (χ4n) is 4.10. The zero-order valence-corrected chi connectivity index (χ0v) is 15.2. The van der Waals surface area contributed by atoms with E-state index in [4.69, 9.17) is 4.74 Å². The third kappa shape index (κ3) is 2.41. The highest BCUT2D eigenvalue weighted by molar-refractivity contribution is 5.98. The third-order valence-electron chi connectivity index (χ3n) is 5.53. The number of aromatic nitrogens is 4. The Balaban J connectivity index is 1.93. The van der Waals surface area contributed by atoms with E-state index in [9.17, 15) is 9.59 Å². The lowest BCUT2D eigenvalue weighted by Crippen LogP contribution is -2.30. The van der Waals surface area contributed by atoms with Crippen LogP contribution in [0.25, 0.3) is 16.6 Å². The summed E-state index contributed by atoms with van der Waals surface area (Å²) in [7, 11) is 1.33. The second-order valence-corrected chi connectivity index (χ2v) is 7.10. The van der Waals surface area contributed by atoms with Crippen molar-refractivity contribution in [2.45, 2.75) is 45.6 Å². The molecule has 26 heavy (non-hydrogen) atoms. The van der Waals surface area contributed by atoms with E-state index in [2.05, 4.69) is 17.0 Å². The van der Waals surface area contributed by atoms with Crippen molar-refractivity contribution in [2.24, 2.45) is 5.92 Å². The van der Waals surface area contributed by atoms with Crippen molar-refractivity contribution in [2.75, 3.05) is 7.11 Å². The normalized spacial score (nSPS) is 20.6. The molecule has 1 fully saturated rings. The Kier molecular flexibility index (Phi) is 4.01. The van der Waals surface area contributed by atoms with Gasteiger partial charge in [-0.1, -0.05) is 19.8 Å². The molecular formula is C19H22N4O3. The first-order chi connectivity index (χ1) is 12.5. The summed E-state index contributed by atoms with van der Waals surface area (Å²) in [5, 5.41) is 4.92. The summed E-state index contributed by atoms with van der Waals surface area (Å²) in [6.07, 6.45) is 7.95. The van der Waals surface area contributed by atoms with Crippen molar-refractivity contribution in [3.8, 4) is 0 Å². The Morgan fingerprint density at radius 3 is 2.81 bits per heavy atom. The van der Waals surface area contributed by atoms with E-state index in [1.165, 1.54) is 13.5 Å². The van der Waals surface area contributed by atoms with Gasteiger partial charge in [0.2, 0.25) is 0 Å². The minimum Gasteiger partial charge on any atom is -0.465 e. The molecule has 0 radical (unpaired) electrons. The third-order valence-corrected chi connectivity index (χ3v) is 5.53. The van der Waals surface area contributed by atoms with Gasteiger partial charge in [0.1, 0.15) is 5.56 Å². The standard InChI is InChI=1S/C19H22N4O3/c1-11-6-4-5-7-14(11)22-9-8-15-13(18(22)24)10-20-17-16(19(25)26-3)12(2)21-23(15)17/h8-11,14H,4-7H2,1-3H3. The van der Waals surface area contributed by atoms with Gasteiger partial charge in [-0.25, -0.2) is 14.3 Å². The largest absolute Gasteiger partial charge is 0.465 e. The van der Waals surface area contributed by atoms with Crippen molar-refractivity contribution in [3.05, 3.63) is 40.1 Å².